The summed E-state index contributed by atoms with van der Waals surface area (Å²) in [6, 6.07) is 71.3. The molecule has 9 aromatic rings. The average Bonchev–Trinajstić information content (AvgIpc) is 3.70. The Hall–Kier alpha value is -5.96. The number of benzene rings is 8. The van der Waals surface area contributed by atoms with Gasteiger partial charge in [-0.05, 0) is 92.5 Å². The smallest absolute Gasteiger partial charge is 0.0714 e. The first-order valence-corrected chi connectivity index (χ1v) is 18.3. The van der Waals surface area contributed by atoms with Gasteiger partial charge in [-0.15, -0.1) is 0 Å². The summed E-state index contributed by atoms with van der Waals surface area (Å²) in [6.45, 7) is 0. The summed E-state index contributed by atoms with van der Waals surface area (Å²) in [6.07, 6.45) is 0. The van der Waals surface area contributed by atoms with Crippen molar-refractivity contribution in [2.45, 2.75) is 5.41 Å². The maximum Gasteiger partial charge on any atom is 0.0714 e. The molecule has 0 saturated carbocycles. The van der Waals surface area contributed by atoms with E-state index < -0.39 is 5.41 Å². The first-order valence-electron chi connectivity index (χ1n) is 17.5. The first kappa shape index (κ1) is 29.9. The monoisotopic (exact) mass is 713 g/mol. The highest BCUT2D eigenvalue weighted by atomic mass is 79.9. The maximum absolute atomic E-state index is 3.58. The van der Waals surface area contributed by atoms with E-state index in [1.165, 1.54) is 83.1 Å². The molecule has 0 bridgehead atoms. The largest absolute Gasteiger partial charge is 0.309 e. The van der Waals surface area contributed by atoms with Crippen molar-refractivity contribution in [3.63, 3.8) is 0 Å². The second-order valence-corrected chi connectivity index (χ2v) is 14.3. The van der Waals surface area contributed by atoms with Gasteiger partial charge < -0.3 is 4.57 Å². The van der Waals surface area contributed by atoms with Gasteiger partial charge in [0.1, 0.15) is 0 Å². The van der Waals surface area contributed by atoms with E-state index in [9.17, 15) is 0 Å². The van der Waals surface area contributed by atoms with Crippen LogP contribution in [0, 0.1) is 0 Å². The third-order valence-corrected chi connectivity index (χ3v) is 11.3. The fourth-order valence-corrected chi connectivity index (χ4v) is 8.86. The lowest BCUT2D eigenvalue weighted by molar-refractivity contribution is 0.768. The zero-order valence-electron chi connectivity index (χ0n) is 27.8. The molecule has 0 unspecified atom stereocenters. The first-order chi connectivity index (χ1) is 25.2. The molecule has 0 radical (unpaired) electrons. The van der Waals surface area contributed by atoms with E-state index in [-0.39, 0.29) is 0 Å². The van der Waals surface area contributed by atoms with Crippen LogP contribution in [0.15, 0.2) is 199 Å². The van der Waals surface area contributed by atoms with Crippen LogP contribution in [-0.4, -0.2) is 4.57 Å². The van der Waals surface area contributed by atoms with E-state index in [1.54, 1.807) is 0 Å². The molecule has 240 valence electrons. The number of rotatable bonds is 5. The van der Waals surface area contributed by atoms with Crippen molar-refractivity contribution in [2.24, 2.45) is 0 Å². The molecule has 1 nitrogen and oxygen atoms in total. The van der Waals surface area contributed by atoms with Gasteiger partial charge in [0.25, 0.3) is 0 Å². The van der Waals surface area contributed by atoms with Gasteiger partial charge in [0.15, 0.2) is 0 Å². The normalized spacial score (nSPS) is 13.0. The Kier molecular flexibility index (Phi) is 6.94. The Labute approximate surface area is 306 Å². The second-order valence-electron chi connectivity index (χ2n) is 13.4. The summed E-state index contributed by atoms with van der Waals surface area (Å²) in [7, 11) is 0. The van der Waals surface area contributed by atoms with Crippen molar-refractivity contribution < 1.29 is 0 Å². The fraction of sp³-hybridized carbons (Fsp3) is 0.0204. The minimum Gasteiger partial charge on any atom is -0.309 e. The van der Waals surface area contributed by atoms with Gasteiger partial charge in [-0.25, -0.2) is 0 Å². The molecular formula is C49H32BrN. The molecule has 0 atom stereocenters. The van der Waals surface area contributed by atoms with Crippen molar-refractivity contribution in [1.29, 1.82) is 0 Å². The number of nitrogens with zero attached hydrogens (tertiary/aromatic N) is 1. The van der Waals surface area contributed by atoms with Crippen molar-refractivity contribution >= 4 is 37.7 Å². The highest BCUT2D eigenvalue weighted by Crippen LogP contribution is 2.58. The summed E-state index contributed by atoms with van der Waals surface area (Å²) in [5, 5.41) is 2.50. The van der Waals surface area contributed by atoms with Crippen LogP contribution in [0.1, 0.15) is 22.3 Å². The van der Waals surface area contributed by atoms with Gasteiger partial charge in [0.05, 0.1) is 22.1 Å². The highest BCUT2D eigenvalue weighted by Gasteiger charge is 2.47. The van der Waals surface area contributed by atoms with Crippen molar-refractivity contribution in [1.82, 2.24) is 4.57 Å². The molecule has 1 heterocycles. The Morgan fingerprint density at radius 1 is 0.392 bits per heavy atom. The molecule has 2 heteroatoms. The number of para-hydroxylation sites is 1. The fourth-order valence-electron chi connectivity index (χ4n) is 8.59. The van der Waals surface area contributed by atoms with E-state index in [0.29, 0.717) is 0 Å². The van der Waals surface area contributed by atoms with E-state index in [0.717, 1.165) is 4.47 Å². The SMILES string of the molecule is Brc1ccc(-c2cccc(-c3ccc4c(c3)c3ccccc3n4-c3cccc4c3-c3ccccc3C4(c3ccccc3)c3ccccc3)c2)cc1. The van der Waals surface area contributed by atoms with Gasteiger partial charge in [0.2, 0.25) is 0 Å². The van der Waals surface area contributed by atoms with Crippen molar-refractivity contribution in [3.05, 3.63) is 221 Å². The average molecular weight is 715 g/mol. The van der Waals surface area contributed by atoms with E-state index in [2.05, 4.69) is 215 Å². The number of hydrogen-bond donors (Lipinski definition) is 0. The number of aromatic nitrogens is 1. The minimum absolute atomic E-state index is 0.448. The molecule has 1 aliphatic carbocycles. The quantitative estimate of drug-likeness (QED) is 0.167. The van der Waals surface area contributed by atoms with Crippen molar-refractivity contribution in [3.8, 4) is 39.1 Å². The van der Waals surface area contributed by atoms with Crippen LogP contribution < -0.4 is 0 Å². The summed E-state index contributed by atoms with van der Waals surface area (Å²) in [5.74, 6) is 0. The summed E-state index contributed by atoms with van der Waals surface area (Å²) >= 11 is 3.58. The summed E-state index contributed by atoms with van der Waals surface area (Å²) < 4.78 is 3.58. The van der Waals surface area contributed by atoms with Crippen LogP contribution in [0.5, 0.6) is 0 Å². The molecule has 8 aromatic carbocycles. The standard InChI is InChI=1S/C49H32BrN/c50-39-28-25-33(26-29-39)34-13-11-14-35(31-34)36-27-30-46-42(32-36)40-19-8-10-23-45(40)51(46)47-24-12-22-44-48(47)41-20-7-9-21-43(41)49(44,37-15-3-1-4-16-37)38-17-5-2-6-18-38/h1-32H. The van der Waals surface area contributed by atoms with Crippen LogP contribution in [-0.2, 0) is 5.41 Å². The lowest BCUT2D eigenvalue weighted by Gasteiger charge is -2.34. The topological polar surface area (TPSA) is 4.93 Å². The lowest BCUT2D eigenvalue weighted by atomic mass is 9.68. The van der Waals surface area contributed by atoms with Crippen molar-refractivity contribution in [2.75, 3.05) is 0 Å². The van der Waals surface area contributed by atoms with Crippen LogP contribution in [0.4, 0.5) is 0 Å². The molecule has 0 aliphatic heterocycles. The van der Waals surface area contributed by atoms with Gasteiger partial charge in [-0.1, -0.05) is 168 Å². The van der Waals surface area contributed by atoms with Crippen LogP contribution >= 0.6 is 15.9 Å². The van der Waals surface area contributed by atoms with E-state index in [4.69, 9.17) is 0 Å². The Morgan fingerprint density at radius 3 is 1.73 bits per heavy atom. The number of fused-ring (bicyclic) bond motifs is 6. The van der Waals surface area contributed by atoms with Crippen LogP contribution in [0.25, 0.3) is 60.9 Å². The predicted molar refractivity (Wildman–Crippen MR) is 217 cm³/mol. The molecule has 0 N–H and O–H groups in total. The van der Waals surface area contributed by atoms with Gasteiger partial charge in [0, 0.05) is 20.8 Å². The predicted octanol–water partition coefficient (Wildman–Crippen LogP) is 13.2. The summed E-state index contributed by atoms with van der Waals surface area (Å²) in [5.41, 5.74) is 15.7. The zero-order valence-corrected chi connectivity index (χ0v) is 29.4. The van der Waals surface area contributed by atoms with Crippen LogP contribution in [0.3, 0.4) is 0 Å². The Bertz CT molecular complexity index is 2700. The Balaban J connectivity index is 1.22. The van der Waals surface area contributed by atoms with E-state index >= 15 is 0 Å². The van der Waals surface area contributed by atoms with Crippen LogP contribution in [0.2, 0.25) is 0 Å². The molecule has 1 aliphatic rings. The second kappa shape index (κ2) is 11.8. The number of halogens is 1. The Morgan fingerprint density at radius 2 is 0.961 bits per heavy atom. The molecule has 51 heavy (non-hydrogen) atoms. The van der Waals surface area contributed by atoms with Gasteiger partial charge in [-0.3, -0.25) is 0 Å². The van der Waals surface area contributed by atoms with Gasteiger partial charge >= 0.3 is 0 Å². The molecule has 10 rings (SSSR count). The third-order valence-electron chi connectivity index (χ3n) is 10.7. The minimum atomic E-state index is -0.448. The molecule has 1 aromatic heterocycles. The molecular weight excluding hydrogens is 682 g/mol. The molecule has 0 saturated heterocycles. The highest BCUT2D eigenvalue weighted by molar-refractivity contribution is 9.10. The zero-order chi connectivity index (χ0) is 33.9. The molecule has 0 fully saturated rings. The number of hydrogen-bond acceptors (Lipinski definition) is 0. The summed E-state index contributed by atoms with van der Waals surface area (Å²) in [4.78, 5) is 0. The van der Waals surface area contributed by atoms with Gasteiger partial charge in [-0.2, -0.15) is 0 Å². The molecule has 0 spiro atoms. The van der Waals surface area contributed by atoms with E-state index in [1.807, 2.05) is 0 Å². The maximum atomic E-state index is 3.58. The lowest BCUT2D eigenvalue weighted by Crippen LogP contribution is -2.28. The third kappa shape index (κ3) is 4.53. The molecule has 0 amide bonds.